The predicted octanol–water partition coefficient (Wildman–Crippen LogP) is 3.63. The summed E-state index contributed by atoms with van der Waals surface area (Å²) in [7, 11) is 0. The Labute approximate surface area is 122 Å². The molecule has 0 saturated heterocycles. The first-order valence-electron chi connectivity index (χ1n) is 7.78. The Bertz CT molecular complexity index is 437. The zero-order valence-electron chi connectivity index (χ0n) is 13.6. The van der Waals surface area contributed by atoms with Gasteiger partial charge in [0.15, 0.2) is 5.82 Å². The molecule has 2 N–H and O–H groups in total. The molecule has 1 aromatic rings. The minimum absolute atomic E-state index is 0.228. The van der Waals surface area contributed by atoms with E-state index in [4.69, 9.17) is 10.3 Å². The molecule has 1 aliphatic rings. The van der Waals surface area contributed by atoms with Crippen LogP contribution in [0.2, 0.25) is 0 Å². The van der Waals surface area contributed by atoms with Crippen molar-refractivity contribution in [3.05, 3.63) is 11.7 Å². The van der Waals surface area contributed by atoms with E-state index in [2.05, 4.69) is 30.9 Å². The highest BCUT2D eigenvalue weighted by Crippen LogP contribution is 2.42. The average molecular weight is 279 g/mol. The van der Waals surface area contributed by atoms with Crippen LogP contribution in [0.15, 0.2) is 4.52 Å². The summed E-state index contributed by atoms with van der Waals surface area (Å²) in [5.74, 6) is 2.83. The first-order valence-corrected chi connectivity index (χ1v) is 7.78. The van der Waals surface area contributed by atoms with Crippen molar-refractivity contribution in [2.75, 3.05) is 6.54 Å². The highest BCUT2D eigenvalue weighted by Gasteiger charge is 2.33. The van der Waals surface area contributed by atoms with Gasteiger partial charge in [0.25, 0.3) is 0 Å². The Hall–Kier alpha value is -0.900. The molecule has 0 amide bonds. The van der Waals surface area contributed by atoms with Gasteiger partial charge in [-0.25, -0.2) is 0 Å². The molecule has 4 heteroatoms. The van der Waals surface area contributed by atoms with Crippen LogP contribution in [0, 0.1) is 11.3 Å². The summed E-state index contributed by atoms with van der Waals surface area (Å²) in [6.07, 6.45) is 4.87. The number of hydrogen-bond donors (Lipinski definition) is 1. The van der Waals surface area contributed by atoms with Crippen molar-refractivity contribution in [2.24, 2.45) is 17.1 Å². The van der Waals surface area contributed by atoms with Crippen LogP contribution in [0.4, 0.5) is 0 Å². The molecule has 4 nitrogen and oxygen atoms in total. The molecule has 1 heterocycles. The molecule has 0 bridgehead atoms. The van der Waals surface area contributed by atoms with Crippen molar-refractivity contribution in [3.63, 3.8) is 0 Å². The Kier molecular flexibility index (Phi) is 4.24. The third kappa shape index (κ3) is 3.22. The van der Waals surface area contributed by atoms with Gasteiger partial charge in [-0.2, -0.15) is 4.98 Å². The maximum Gasteiger partial charge on any atom is 0.233 e. The highest BCUT2D eigenvalue weighted by molar-refractivity contribution is 5.05. The van der Waals surface area contributed by atoms with Gasteiger partial charge in [-0.1, -0.05) is 25.9 Å². The van der Waals surface area contributed by atoms with Crippen LogP contribution in [0.25, 0.3) is 0 Å². The second-order valence-electron chi connectivity index (χ2n) is 7.96. The Morgan fingerprint density at radius 3 is 2.20 bits per heavy atom. The molecule has 0 aromatic carbocycles. The van der Waals surface area contributed by atoms with Gasteiger partial charge in [0.2, 0.25) is 5.89 Å². The van der Waals surface area contributed by atoms with Gasteiger partial charge in [-0.15, -0.1) is 0 Å². The quantitative estimate of drug-likeness (QED) is 0.917. The van der Waals surface area contributed by atoms with E-state index in [1.165, 1.54) is 25.7 Å². The molecular formula is C16H29N3O. The summed E-state index contributed by atoms with van der Waals surface area (Å²) in [5, 5.41) is 4.20. The van der Waals surface area contributed by atoms with Crippen molar-refractivity contribution in [1.29, 1.82) is 0 Å². The van der Waals surface area contributed by atoms with Crippen LogP contribution in [0.1, 0.15) is 77.9 Å². The minimum atomic E-state index is -0.228. The lowest BCUT2D eigenvalue weighted by Crippen LogP contribution is -2.28. The summed E-state index contributed by atoms with van der Waals surface area (Å²) >= 11 is 0. The number of aromatic nitrogens is 2. The Morgan fingerprint density at radius 1 is 1.10 bits per heavy atom. The molecule has 20 heavy (non-hydrogen) atoms. The summed E-state index contributed by atoms with van der Waals surface area (Å²) < 4.78 is 5.43. The fraction of sp³-hybridized carbons (Fsp3) is 0.875. The minimum Gasteiger partial charge on any atom is -0.339 e. The highest BCUT2D eigenvalue weighted by atomic mass is 16.5. The van der Waals surface area contributed by atoms with Crippen molar-refractivity contribution in [3.8, 4) is 0 Å². The lowest BCUT2D eigenvalue weighted by atomic mass is 9.70. The first-order chi connectivity index (χ1) is 9.24. The Balaban J connectivity index is 2.01. The maximum atomic E-state index is 5.76. The molecule has 114 valence electrons. The van der Waals surface area contributed by atoms with E-state index in [0.29, 0.717) is 23.8 Å². The number of nitrogens with zero attached hydrogens (tertiary/aromatic N) is 2. The lowest BCUT2D eigenvalue weighted by Gasteiger charge is -2.36. The molecule has 2 rings (SSSR count). The molecule has 0 aliphatic heterocycles. The predicted molar refractivity (Wildman–Crippen MR) is 80.5 cm³/mol. The number of nitrogens with two attached hydrogens (primary N) is 1. The largest absolute Gasteiger partial charge is 0.339 e. The fourth-order valence-electron chi connectivity index (χ4n) is 2.98. The van der Waals surface area contributed by atoms with Crippen molar-refractivity contribution in [2.45, 2.75) is 71.6 Å². The van der Waals surface area contributed by atoms with Crippen LogP contribution in [0.5, 0.6) is 0 Å². The van der Waals surface area contributed by atoms with Gasteiger partial charge in [0, 0.05) is 12.5 Å². The summed E-state index contributed by atoms with van der Waals surface area (Å²) in [6.45, 7) is 11.6. The zero-order chi connectivity index (χ0) is 15.0. The molecule has 0 unspecified atom stereocenters. The number of rotatable bonds is 3. The average Bonchev–Trinajstić information content (AvgIpc) is 2.88. The second kappa shape index (κ2) is 5.47. The molecular weight excluding hydrogens is 250 g/mol. The molecule has 1 aromatic heterocycles. The van der Waals surface area contributed by atoms with E-state index in [9.17, 15) is 0 Å². The first kappa shape index (κ1) is 15.5. The van der Waals surface area contributed by atoms with Crippen LogP contribution in [0.3, 0.4) is 0 Å². The van der Waals surface area contributed by atoms with Gasteiger partial charge in [0.1, 0.15) is 0 Å². The third-order valence-electron chi connectivity index (χ3n) is 4.85. The smallest absolute Gasteiger partial charge is 0.233 e. The van der Waals surface area contributed by atoms with E-state index in [1.54, 1.807) is 0 Å². The van der Waals surface area contributed by atoms with Crippen LogP contribution in [-0.4, -0.2) is 16.7 Å². The van der Waals surface area contributed by atoms with Gasteiger partial charge in [-0.05, 0) is 50.9 Å². The lowest BCUT2D eigenvalue weighted by molar-refractivity contribution is 0.166. The van der Waals surface area contributed by atoms with E-state index in [-0.39, 0.29) is 5.41 Å². The van der Waals surface area contributed by atoms with Crippen LogP contribution < -0.4 is 5.73 Å². The van der Waals surface area contributed by atoms with Crippen LogP contribution >= 0.6 is 0 Å². The SMILES string of the molecule is CC(C)(CN)c1nc(C2CCC(C(C)(C)C)CC2)no1. The van der Waals surface area contributed by atoms with E-state index < -0.39 is 0 Å². The van der Waals surface area contributed by atoms with E-state index in [1.807, 2.05) is 13.8 Å². The molecule has 0 atom stereocenters. The molecule has 0 spiro atoms. The van der Waals surface area contributed by atoms with E-state index >= 15 is 0 Å². The van der Waals surface area contributed by atoms with Gasteiger partial charge in [0.05, 0.1) is 5.41 Å². The van der Waals surface area contributed by atoms with Crippen LogP contribution in [-0.2, 0) is 5.41 Å². The third-order valence-corrected chi connectivity index (χ3v) is 4.85. The maximum absolute atomic E-state index is 5.76. The van der Waals surface area contributed by atoms with Gasteiger partial charge < -0.3 is 10.3 Å². The van der Waals surface area contributed by atoms with E-state index in [0.717, 1.165) is 11.7 Å². The molecule has 1 saturated carbocycles. The summed E-state index contributed by atoms with van der Waals surface area (Å²) in [4.78, 5) is 4.61. The fourth-order valence-corrected chi connectivity index (χ4v) is 2.98. The topological polar surface area (TPSA) is 64.9 Å². The molecule has 1 fully saturated rings. The van der Waals surface area contributed by atoms with Crippen molar-refractivity contribution < 1.29 is 4.52 Å². The molecule has 1 aliphatic carbocycles. The Morgan fingerprint density at radius 2 is 1.70 bits per heavy atom. The van der Waals surface area contributed by atoms with Gasteiger partial charge >= 0.3 is 0 Å². The van der Waals surface area contributed by atoms with Crippen molar-refractivity contribution >= 4 is 0 Å². The normalized spacial score (nSPS) is 24.9. The second-order valence-corrected chi connectivity index (χ2v) is 7.96. The summed E-state index contributed by atoms with van der Waals surface area (Å²) in [6, 6.07) is 0. The standard InChI is InChI=1S/C16H29N3O/c1-15(2,3)12-8-6-11(7-9-12)13-18-14(20-19-13)16(4,5)10-17/h11-12H,6-10,17H2,1-5H3. The zero-order valence-corrected chi connectivity index (χ0v) is 13.6. The number of hydrogen-bond acceptors (Lipinski definition) is 4. The van der Waals surface area contributed by atoms with Gasteiger partial charge in [-0.3, -0.25) is 0 Å². The monoisotopic (exact) mass is 279 g/mol. The molecule has 0 radical (unpaired) electrons. The summed E-state index contributed by atoms with van der Waals surface area (Å²) in [5.41, 5.74) is 5.95. The van der Waals surface area contributed by atoms with Crippen molar-refractivity contribution in [1.82, 2.24) is 10.1 Å².